The maximum atomic E-state index is 12.3. The molecule has 0 fully saturated rings. The molecular formula is C17H20BrNO3S. The van der Waals surface area contributed by atoms with Crippen LogP contribution in [0.2, 0.25) is 0 Å². The second-order valence-corrected chi connectivity index (χ2v) is 6.95. The van der Waals surface area contributed by atoms with Crippen LogP contribution in [0.25, 0.3) is 0 Å². The SMILES string of the molecule is COc1ccc(Br)c(C(=O)NCCC(CCO)c2cccs2)c1. The number of carbonyl (C=O) groups is 1. The third kappa shape index (κ3) is 5.06. The van der Waals surface area contributed by atoms with E-state index in [1.165, 1.54) is 4.88 Å². The second kappa shape index (κ2) is 9.05. The first-order valence-corrected chi connectivity index (χ1v) is 9.09. The van der Waals surface area contributed by atoms with Crippen molar-refractivity contribution in [1.29, 1.82) is 0 Å². The fourth-order valence-corrected chi connectivity index (χ4v) is 3.70. The van der Waals surface area contributed by atoms with E-state index in [9.17, 15) is 9.90 Å². The van der Waals surface area contributed by atoms with Gasteiger partial charge in [0.15, 0.2) is 0 Å². The summed E-state index contributed by atoms with van der Waals surface area (Å²) < 4.78 is 5.89. The van der Waals surface area contributed by atoms with Gasteiger partial charge in [-0.15, -0.1) is 11.3 Å². The van der Waals surface area contributed by atoms with Crippen molar-refractivity contribution in [3.63, 3.8) is 0 Å². The van der Waals surface area contributed by atoms with Gasteiger partial charge in [-0.2, -0.15) is 0 Å². The van der Waals surface area contributed by atoms with Crippen molar-refractivity contribution in [3.05, 3.63) is 50.6 Å². The number of aliphatic hydroxyl groups is 1. The minimum absolute atomic E-state index is 0.135. The molecule has 6 heteroatoms. The molecule has 1 atom stereocenters. The highest BCUT2D eigenvalue weighted by Gasteiger charge is 2.14. The van der Waals surface area contributed by atoms with Crippen LogP contribution in [0, 0.1) is 0 Å². The van der Waals surface area contributed by atoms with E-state index >= 15 is 0 Å². The number of hydrogen-bond donors (Lipinski definition) is 2. The van der Waals surface area contributed by atoms with Gasteiger partial charge in [-0.3, -0.25) is 4.79 Å². The molecule has 4 nitrogen and oxygen atoms in total. The molecule has 1 aromatic carbocycles. The van der Waals surface area contributed by atoms with Crippen molar-refractivity contribution in [2.24, 2.45) is 0 Å². The van der Waals surface area contributed by atoms with E-state index in [0.717, 1.165) is 10.9 Å². The van der Waals surface area contributed by atoms with E-state index in [1.807, 2.05) is 11.4 Å². The maximum absolute atomic E-state index is 12.3. The first kappa shape index (κ1) is 18.0. The lowest BCUT2D eigenvalue weighted by Crippen LogP contribution is -2.26. The molecule has 0 aliphatic rings. The Morgan fingerprint density at radius 1 is 1.39 bits per heavy atom. The first-order chi connectivity index (χ1) is 11.2. The number of carbonyl (C=O) groups excluding carboxylic acids is 1. The zero-order chi connectivity index (χ0) is 16.7. The fraction of sp³-hybridized carbons (Fsp3) is 0.353. The van der Waals surface area contributed by atoms with E-state index < -0.39 is 0 Å². The Morgan fingerprint density at radius 2 is 2.22 bits per heavy atom. The van der Waals surface area contributed by atoms with E-state index in [4.69, 9.17) is 4.74 Å². The number of thiophene rings is 1. The molecule has 0 aliphatic carbocycles. The Labute approximate surface area is 148 Å². The molecule has 124 valence electrons. The molecule has 1 unspecified atom stereocenters. The number of nitrogens with one attached hydrogen (secondary N) is 1. The van der Waals surface area contributed by atoms with Crippen molar-refractivity contribution < 1.29 is 14.6 Å². The largest absolute Gasteiger partial charge is 0.497 e. The number of rotatable bonds is 8. The molecule has 0 radical (unpaired) electrons. The highest BCUT2D eigenvalue weighted by molar-refractivity contribution is 9.10. The summed E-state index contributed by atoms with van der Waals surface area (Å²) in [6.45, 7) is 0.711. The summed E-state index contributed by atoms with van der Waals surface area (Å²) >= 11 is 5.08. The van der Waals surface area contributed by atoms with Crippen molar-refractivity contribution in [3.8, 4) is 5.75 Å². The summed E-state index contributed by atoms with van der Waals surface area (Å²) in [6.07, 6.45) is 1.51. The number of amides is 1. The smallest absolute Gasteiger partial charge is 0.252 e. The minimum atomic E-state index is -0.135. The summed E-state index contributed by atoms with van der Waals surface area (Å²) in [7, 11) is 1.57. The fourth-order valence-electron chi connectivity index (χ4n) is 2.37. The zero-order valence-corrected chi connectivity index (χ0v) is 15.3. The molecule has 1 aromatic heterocycles. The van der Waals surface area contributed by atoms with Gasteiger partial charge >= 0.3 is 0 Å². The van der Waals surface area contributed by atoms with Crippen LogP contribution in [-0.4, -0.2) is 31.3 Å². The Hall–Kier alpha value is -1.37. The van der Waals surface area contributed by atoms with Crippen LogP contribution in [0.1, 0.15) is 34.0 Å². The van der Waals surface area contributed by atoms with Gasteiger partial charge in [-0.1, -0.05) is 6.07 Å². The Bertz CT molecular complexity index is 631. The highest BCUT2D eigenvalue weighted by atomic mass is 79.9. The van der Waals surface area contributed by atoms with E-state index in [1.54, 1.807) is 36.6 Å². The van der Waals surface area contributed by atoms with Crippen molar-refractivity contribution in [2.45, 2.75) is 18.8 Å². The summed E-state index contributed by atoms with van der Waals surface area (Å²) in [5, 5.41) is 14.2. The lowest BCUT2D eigenvalue weighted by Gasteiger charge is -2.15. The lowest BCUT2D eigenvalue weighted by molar-refractivity contribution is 0.0951. The van der Waals surface area contributed by atoms with Gasteiger partial charge in [0, 0.05) is 22.5 Å². The average Bonchev–Trinajstić information content (AvgIpc) is 3.08. The molecule has 0 saturated carbocycles. The van der Waals surface area contributed by atoms with Crippen LogP contribution >= 0.6 is 27.3 Å². The molecule has 2 aromatic rings. The number of benzene rings is 1. The summed E-state index contributed by atoms with van der Waals surface area (Å²) in [6, 6.07) is 9.40. The number of methoxy groups -OCH3 is 1. The minimum Gasteiger partial charge on any atom is -0.497 e. The number of halogens is 1. The van der Waals surface area contributed by atoms with E-state index in [0.29, 0.717) is 24.3 Å². The highest BCUT2D eigenvalue weighted by Crippen LogP contribution is 2.27. The Morgan fingerprint density at radius 3 is 2.87 bits per heavy atom. The van der Waals surface area contributed by atoms with Crippen LogP contribution in [0.4, 0.5) is 0 Å². The molecule has 1 amide bonds. The van der Waals surface area contributed by atoms with E-state index in [-0.39, 0.29) is 18.4 Å². The summed E-state index contributed by atoms with van der Waals surface area (Å²) in [5.41, 5.74) is 0.555. The third-order valence-electron chi connectivity index (χ3n) is 3.62. The van der Waals surface area contributed by atoms with Gasteiger partial charge in [0.1, 0.15) is 5.75 Å². The number of ether oxygens (including phenoxy) is 1. The molecule has 0 saturated heterocycles. The number of hydrogen-bond acceptors (Lipinski definition) is 4. The van der Waals surface area contributed by atoms with Crippen molar-refractivity contribution >= 4 is 33.2 Å². The van der Waals surface area contributed by atoms with E-state index in [2.05, 4.69) is 27.3 Å². The van der Waals surface area contributed by atoms with Gasteiger partial charge in [0.25, 0.3) is 5.91 Å². The topological polar surface area (TPSA) is 58.6 Å². The molecule has 23 heavy (non-hydrogen) atoms. The predicted octanol–water partition coefficient (Wildman–Crippen LogP) is 3.81. The molecular weight excluding hydrogens is 378 g/mol. The summed E-state index contributed by atoms with van der Waals surface area (Å²) in [4.78, 5) is 13.6. The molecule has 0 aliphatic heterocycles. The zero-order valence-electron chi connectivity index (χ0n) is 12.9. The molecule has 0 bridgehead atoms. The van der Waals surface area contributed by atoms with Gasteiger partial charge in [-0.25, -0.2) is 0 Å². The normalized spacial score (nSPS) is 12.0. The second-order valence-electron chi connectivity index (χ2n) is 5.11. The van der Waals surface area contributed by atoms with Crippen LogP contribution in [0.15, 0.2) is 40.2 Å². The van der Waals surface area contributed by atoms with Gasteiger partial charge < -0.3 is 15.2 Å². The van der Waals surface area contributed by atoms with Gasteiger partial charge in [0.05, 0.1) is 12.7 Å². The predicted molar refractivity (Wildman–Crippen MR) is 96.4 cm³/mol. The third-order valence-corrected chi connectivity index (χ3v) is 5.35. The van der Waals surface area contributed by atoms with Crippen molar-refractivity contribution in [1.82, 2.24) is 5.32 Å². The van der Waals surface area contributed by atoms with Crippen LogP contribution in [-0.2, 0) is 0 Å². The molecule has 0 spiro atoms. The molecule has 2 rings (SSSR count). The van der Waals surface area contributed by atoms with Crippen LogP contribution < -0.4 is 10.1 Å². The average molecular weight is 398 g/mol. The molecule has 2 N–H and O–H groups in total. The quantitative estimate of drug-likeness (QED) is 0.711. The summed E-state index contributed by atoms with van der Waals surface area (Å²) in [5.74, 6) is 0.786. The van der Waals surface area contributed by atoms with Crippen molar-refractivity contribution in [2.75, 3.05) is 20.3 Å². The van der Waals surface area contributed by atoms with Crippen LogP contribution in [0.3, 0.4) is 0 Å². The van der Waals surface area contributed by atoms with Gasteiger partial charge in [-0.05, 0) is 64.3 Å². The maximum Gasteiger partial charge on any atom is 0.252 e. The first-order valence-electron chi connectivity index (χ1n) is 7.41. The standard InChI is InChI=1S/C17H20BrNO3S/c1-22-13-4-5-15(18)14(11-13)17(21)19-8-6-12(7-9-20)16-3-2-10-23-16/h2-5,10-12,20H,6-9H2,1H3,(H,19,21). The van der Waals surface area contributed by atoms with Crippen LogP contribution in [0.5, 0.6) is 5.75 Å². The Kier molecular flexibility index (Phi) is 7.08. The number of aliphatic hydroxyl groups excluding tert-OH is 1. The van der Waals surface area contributed by atoms with Gasteiger partial charge in [0.2, 0.25) is 0 Å². The Balaban J connectivity index is 1.93. The monoisotopic (exact) mass is 397 g/mol. The molecule has 1 heterocycles. The lowest BCUT2D eigenvalue weighted by atomic mass is 10.00.